The molecule has 1 aliphatic rings. The third-order valence-electron chi connectivity index (χ3n) is 4.54. The molecule has 168 valence electrons. The topological polar surface area (TPSA) is 145 Å². The van der Waals surface area contributed by atoms with Crippen LogP contribution in [0.25, 0.3) is 0 Å². The van der Waals surface area contributed by atoms with Crippen molar-refractivity contribution in [3.8, 4) is 0 Å². The number of nitro groups is 1. The number of carbonyl (C=O) groups is 2. The van der Waals surface area contributed by atoms with Crippen LogP contribution < -0.4 is 5.32 Å². The predicted octanol–water partition coefficient (Wildman–Crippen LogP) is 3.30. The van der Waals surface area contributed by atoms with Gasteiger partial charge in [-0.1, -0.05) is 30.4 Å². The Labute approximate surface area is 179 Å². The van der Waals surface area contributed by atoms with Crippen molar-refractivity contribution in [2.75, 3.05) is 19.9 Å². The number of esters is 1. The molecule has 0 aliphatic heterocycles. The Bertz CT molecular complexity index is 928. The summed E-state index contributed by atoms with van der Waals surface area (Å²) in [6.07, 6.45) is 5.95. The molecule has 1 unspecified atom stereocenters. The number of allylic oxidation sites excluding steroid dienone is 2. The van der Waals surface area contributed by atoms with Gasteiger partial charge in [0, 0.05) is 24.5 Å². The lowest BCUT2D eigenvalue weighted by molar-refractivity contribution is -0.384. The van der Waals surface area contributed by atoms with Crippen molar-refractivity contribution in [2.45, 2.75) is 31.5 Å². The van der Waals surface area contributed by atoms with Crippen LogP contribution in [0.4, 0.5) is 10.5 Å². The van der Waals surface area contributed by atoms with Crippen LogP contribution in [0.15, 0.2) is 48.1 Å². The Hall–Kier alpha value is -2.97. The number of ether oxygens (including phenoxy) is 2. The maximum absolute atomic E-state index is 12.6. The summed E-state index contributed by atoms with van der Waals surface area (Å²) in [5.74, 6) is -0.774. The fourth-order valence-corrected chi connectivity index (χ4v) is 4.55. The molecule has 1 aromatic rings. The van der Waals surface area contributed by atoms with Gasteiger partial charge in [-0.2, -0.15) is 0 Å². The van der Waals surface area contributed by atoms with E-state index in [1.807, 2.05) is 18.2 Å². The zero-order valence-electron chi connectivity index (χ0n) is 17.1. The van der Waals surface area contributed by atoms with Crippen LogP contribution in [0.3, 0.4) is 0 Å². The Morgan fingerprint density at radius 2 is 2.13 bits per heavy atom. The number of carbonyl (C=O) groups excluding carboxylic acids is 2. The number of methoxy groups -OCH3 is 1. The number of nitrogens with zero attached hydrogens (tertiary/aromatic N) is 1. The van der Waals surface area contributed by atoms with Crippen LogP contribution in [0.5, 0.6) is 0 Å². The smallest absolute Gasteiger partial charge is 0.408 e. The Morgan fingerprint density at radius 1 is 1.35 bits per heavy atom. The van der Waals surface area contributed by atoms with E-state index in [0.717, 1.165) is 25.5 Å². The zero-order chi connectivity index (χ0) is 22.9. The molecule has 0 heterocycles. The minimum absolute atomic E-state index is 0.0432. The lowest BCUT2D eigenvalue weighted by Gasteiger charge is -2.19. The summed E-state index contributed by atoms with van der Waals surface area (Å²) in [6, 6.07) is 4.29. The summed E-state index contributed by atoms with van der Waals surface area (Å²) in [4.78, 5) is 44.6. The number of rotatable bonds is 10. The molecule has 0 fully saturated rings. The highest BCUT2D eigenvalue weighted by Crippen LogP contribution is 2.45. The normalized spacial score (nSPS) is 15.9. The van der Waals surface area contributed by atoms with Gasteiger partial charge in [-0.3, -0.25) is 14.7 Å². The first-order valence-corrected chi connectivity index (χ1v) is 11.6. The highest BCUT2D eigenvalue weighted by atomic mass is 31.2. The largest absolute Gasteiger partial charge is 0.467 e. The van der Waals surface area contributed by atoms with Gasteiger partial charge in [0.25, 0.3) is 5.69 Å². The van der Waals surface area contributed by atoms with E-state index in [-0.39, 0.29) is 31.0 Å². The van der Waals surface area contributed by atoms with Crippen molar-refractivity contribution in [1.82, 2.24) is 5.32 Å². The summed E-state index contributed by atoms with van der Waals surface area (Å²) in [5.41, 5.74) is 0.987. The number of hydrogen-bond acceptors (Lipinski definition) is 7. The van der Waals surface area contributed by atoms with Gasteiger partial charge in [0.15, 0.2) is 0 Å². The number of alkyl carbamates (subject to hydrolysis) is 1. The Kier molecular flexibility index (Phi) is 8.96. The SMILES string of the molecule is COC(=O)[C@H](CCP(=O)(O)Cc1cccc([N+](=O)[O-])c1)NC(=O)OCC1=CCCC=C1. The van der Waals surface area contributed by atoms with E-state index in [4.69, 9.17) is 4.74 Å². The Morgan fingerprint density at radius 3 is 2.77 bits per heavy atom. The molecular formula is C20H25N2O8P. The van der Waals surface area contributed by atoms with E-state index in [2.05, 4.69) is 10.1 Å². The summed E-state index contributed by atoms with van der Waals surface area (Å²) in [5, 5.41) is 13.2. The van der Waals surface area contributed by atoms with Crippen LogP contribution in [0.1, 0.15) is 24.8 Å². The molecule has 0 aromatic heterocycles. The fourth-order valence-electron chi connectivity index (χ4n) is 2.96. The zero-order valence-corrected chi connectivity index (χ0v) is 18.0. The monoisotopic (exact) mass is 452 g/mol. The summed E-state index contributed by atoms with van der Waals surface area (Å²) in [6.45, 7) is 0.0432. The van der Waals surface area contributed by atoms with Crippen molar-refractivity contribution >= 4 is 25.1 Å². The first kappa shape index (κ1) is 24.3. The van der Waals surface area contributed by atoms with E-state index < -0.39 is 30.4 Å². The molecule has 2 N–H and O–H groups in total. The minimum atomic E-state index is -3.79. The number of amides is 1. The molecule has 0 saturated carbocycles. The van der Waals surface area contributed by atoms with Gasteiger partial charge in [0.1, 0.15) is 12.6 Å². The second-order valence-electron chi connectivity index (χ2n) is 7.00. The second-order valence-corrected chi connectivity index (χ2v) is 9.45. The number of non-ortho nitro benzene ring substituents is 1. The van der Waals surface area contributed by atoms with Crippen molar-refractivity contribution in [3.05, 3.63) is 63.7 Å². The van der Waals surface area contributed by atoms with Crippen molar-refractivity contribution < 1.29 is 33.4 Å². The number of nitro benzene ring substituents is 1. The number of hydrogen-bond donors (Lipinski definition) is 2. The van der Waals surface area contributed by atoms with Gasteiger partial charge >= 0.3 is 12.1 Å². The third-order valence-corrected chi connectivity index (χ3v) is 6.35. The highest BCUT2D eigenvalue weighted by molar-refractivity contribution is 7.57. The average molecular weight is 452 g/mol. The van der Waals surface area contributed by atoms with E-state index in [1.54, 1.807) is 0 Å². The fraction of sp³-hybridized carbons (Fsp3) is 0.400. The lowest BCUT2D eigenvalue weighted by Crippen LogP contribution is -2.42. The molecule has 1 aromatic carbocycles. The lowest BCUT2D eigenvalue weighted by atomic mass is 10.1. The van der Waals surface area contributed by atoms with Gasteiger partial charge < -0.3 is 19.7 Å². The summed E-state index contributed by atoms with van der Waals surface area (Å²) < 4.78 is 22.3. The van der Waals surface area contributed by atoms with Crippen LogP contribution in [0, 0.1) is 10.1 Å². The van der Waals surface area contributed by atoms with Gasteiger partial charge in [0.05, 0.1) is 12.0 Å². The molecule has 1 aliphatic carbocycles. The van der Waals surface area contributed by atoms with E-state index in [9.17, 15) is 29.2 Å². The quantitative estimate of drug-likeness (QED) is 0.238. The van der Waals surface area contributed by atoms with Crippen LogP contribution >= 0.6 is 7.37 Å². The van der Waals surface area contributed by atoms with E-state index in [0.29, 0.717) is 5.56 Å². The predicted molar refractivity (Wildman–Crippen MR) is 113 cm³/mol. The molecule has 1 amide bonds. The Balaban J connectivity index is 1.92. The van der Waals surface area contributed by atoms with Crippen LogP contribution in [-0.4, -0.2) is 47.8 Å². The maximum atomic E-state index is 12.6. The average Bonchev–Trinajstić information content (AvgIpc) is 2.75. The molecule has 2 rings (SSSR count). The van der Waals surface area contributed by atoms with Gasteiger partial charge in [-0.15, -0.1) is 0 Å². The van der Waals surface area contributed by atoms with Crippen molar-refractivity contribution in [2.24, 2.45) is 0 Å². The van der Waals surface area contributed by atoms with Crippen molar-refractivity contribution in [1.29, 1.82) is 0 Å². The standard InChI is InChI=1S/C20H25N2O8P/c1-29-19(23)18(21-20(24)30-13-15-6-3-2-4-7-15)10-11-31(27,28)14-16-8-5-9-17(12-16)22(25)26/h3,5-9,12,18H,2,4,10-11,13-14H2,1H3,(H,21,24)(H,27,28)/t18-/m0/s1. The third kappa shape index (κ3) is 8.35. The van der Waals surface area contributed by atoms with Crippen molar-refractivity contribution in [3.63, 3.8) is 0 Å². The van der Waals surface area contributed by atoms with Gasteiger partial charge in [-0.25, -0.2) is 9.59 Å². The molecular weight excluding hydrogens is 427 g/mol. The number of benzene rings is 1. The van der Waals surface area contributed by atoms with E-state index in [1.165, 1.54) is 24.3 Å². The maximum Gasteiger partial charge on any atom is 0.408 e. The molecule has 11 heteroatoms. The van der Waals surface area contributed by atoms with Crippen LogP contribution in [0.2, 0.25) is 0 Å². The van der Waals surface area contributed by atoms with E-state index >= 15 is 0 Å². The first-order valence-electron chi connectivity index (χ1n) is 9.61. The summed E-state index contributed by atoms with van der Waals surface area (Å²) >= 11 is 0. The molecule has 0 radical (unpaired) electrons. The minimum Gasteiger partial charge on any atom is -0.467 e. The van der Waals surface area contributed by atoms with Gasteiger partial charge in [-0.05, 0) is 30.4 Å². The van der Waals surface area contributed by atoms with Crippen LogP contribution in [-0.2, 0) is 25.0 Å². The highest BCUT2D eigenvalue weighted by Gasteiger charge is 2.27. The summed E-state index contributed by atoms with van der Waals surface area (Å²) in [7, 11) is -2.65. The molecule has 0 spiro atoms. The molecule has 10 nitrogen and oxygen atoms in total. The second kappa shape index (κ2) is 11.4. The molecule has 31 heavy (non-hydrogen) atoms. The molecule has 0 bridgehead atoms. The molecule has 0 saturated heterocycles. The first-order chi connectivity index (χ1) is 14.7. The van der Waals surface area contributed by atoms with Gasteiger partial charge in [0.2, 0.25) is 7.37 Å². The number of nitrogens with one attached hydrogen (secondary N) is 1. The molecule has 2 atom stereocenters.